The Morgan fingerprint density at radius 2 is 2.00 bits per heavy atom. The molecule has 0 radical (unpaired) electrons. The molecular weight excluding hydrogens is 354 g/mol. The molecule has 1 aromatic carbocycles. The van der Waals surface area contributed by atoms with Gasteiger partial charge in [-0.05, 0) is 53.1 Å². The molecule has 0 saturated carbocycles. The molecule has 3 aromatic rings. The van der Waals surface area contributed by atoms with Gasteiger partial charge in [-0.25, -0.2) is 5.84 Å². The summed E-state index contributed by atoms with van der Waals surface area (Å²) in [5, 5.41) is 8.54. The van der Waals surface area contributed by atoms with Gasteiger partial charge < -0.3 is 5.73 Å². The van der Waals surface area contributed by atoms with Crippen LogP contribution in [0.25, 0.3) is 11.3 Å². The number of hydrogen-bond donors (Lipinski definition) is 2. The molecule has 6 heteroatoms. The highest BCUT2D eigenvalue weighted by atomic mass is 32.1. The zero-order chi connectivity index (χ0) is 19.4. The average molecular weight is 380 g/mol. The highest BCUT2D eigenvalue weighted by Crippen LogP contribution is 2.32. The number of aromatic nitrogens is 1. The van der Waals surface area contributed by atoms with Crippen LogP contribution in [0.5, 0.6) is 0 Å². The van der Waals surface area contributed by atoms with Crippen LogP contribution in [0.15, 0.2) is 65.2 Å². The molecule has 5 nitrogen and oxygen atoms in total. The van der Waals surface area contributed by atoms with Gasteiger partial charge in [-0.1, -0.05) is 39.0 Å². The minimum Gasteiger partial charge on any atom is -0.382 e. The summed E-state index contributed by atoms with van der Waals surface area (Å²) in [6.45, 7) is 6.59. The molecule has 0 fully saturated rings. The lowest BCUT2D eigenvalue weighted by molar-refractivity contribution is 0.505. The quantitative estimate of drug-likeness (QED) is 0.286. The van der Waals surface area contributed by atoms with Crippen molar-refractivity contribution in [3.63, 3.8) is 0 Å². The van der Waals surface area contributed by atoms with Crippen LogP contribution >= 0.6 is 11.3 Å². The van der Waals surface area contributed by atoms with Crippen LogP contribution < -0.4 is 16.7 Å². The summed E-state index contributed by atoms with van der Waals surface area (Å²) in [7, 11) is 0. The molecular formula is C21H25N5S. The van der Waals surface area contributed by atoms with Crippen LogP contribution in [0.1, 0.15) is 38.3 Å². The fraction of sp³-hybridized carbons (Fsp3) is 0.238. The molecule has 2 heterocycles. The highest BCUT2D eigenvalue weighted by molar-refractivity contribution is 7.14. The van der Waals surface area contributed by atoms with Gasteiger partial charge in [-0.3, -0.25) is 4.98 Å². The van der Waals surface area contributed by atoms with Crippen molar-refractivity contribution in [1.82, 2.24) is 4.98 Å². The summed E-state index contributed by atoms with van der Waals surface area (Å²) in [6.07, 6.45) is 2.77. The molecule has 2 aromatic heterocycles. The average Bonchev–Trinajstić information content (AvgIpc) is 3.23. The molecule has 27 heavy (non-hydrogen) atoms. The molecule has 0 amide bonds. The van der Waals surface area contributed by atoms with E-state index in [1.54, 1.807) is 6.20 Å². The zero-order valence-corrected chi connectivity index (χ0v) is 16.7. The first-order valence-electron chi connectivity index (χ1n) is 8.91. The van der Waals surface area contributed by atoms with E-state index in [9.17, 15) is 0 Å². The van der Waals surface area contributed by atoms with Gasteiger partial charge in [0.05, 0.1) is 5.69 Å². The predicted molar refractivity (Wildman–Crippen MR) is 115 cm³/mol. The van der Waals surface area contributed by atoms with Crippen LogP contribution in [0.4, 0.5) is 5.00 Å². The fourth-order valence-corrected chi connectivity index (χ4v) is 3.45. The van der Waals surface area contributed by atoms with Gasteiger partial charge in [0.1, 0.15) is 5.00 Å². The largest absolute Gasteiger partial charge is 0.382 e. The van der Waals surface area contributed by atoms with Crippen LogP contribution in [0.2, 0.25) is 0 Å². The molecule has 140 valence electrons. The number of nitrogens with zero attached hydrogens (tertiary/aromatic N) is 3. The zero-order valence-electron chi connectivity index (χ0n) is 15.9. The number of hydrazone groups is 1. The summed E-state index contributed by atoms with van der Waals surface area (Å²) in [4.78, 5) is 4.45. The molecule has 0 atom stereocenters. The first kappa shape index (κ1) is 19.1. The van der Waals surface area contributed by atoms with Crippen molar-refractivity contribution in [3.8, 4) is 11.3 Å². The van der Waals surface area contributed by atoms with Crippen molar-refractivity contribution < 1.29 is 0 Å². The Bertz CT molecular complexity index is 917. The standard InChI is InChI=1S/C21H25N5S/c1-4-21(2,3)17-11-10-15(18-8-5-6-12-24-18)14-16(17)20(22)25-26(23)19-9-7-13-27-19/h5-14H,4,23H2,1-3H3,(H2,22,25). The minimum absolute atomic E-state index is 0.0412. The third kappa shape index (κ3) is 4.18. The van der Waals surface area contributed by atoms with Crippen molar-refractivity contribution >= 4 is 22.2 Å². The van der Waals surface area contributed by atoms with E-state index in [-0.39, 0.29) is 5.41 Å². The first-order chi connectivity index (χ1) is 12.9. The number of amidine groups is 1. The van der Waals surface area contributed by atoms with E-state index in [1.165, 1.54) is 16.5 Å². The van der Waals surface area contributed by atoms with Crippen molar-refractivity contribution in [3.05, 3.63) is 71.2 Å². The van der Waals surface area contributed by atoms with E-state index in [0.717, 1.165) is 33.8 Å². The smallest absolute Gasteiger partial charge is 0.153 e. The van der Waals surface area contributed by atoms with E-state index in [0.29, 0.717) is 5.84 Å². The second-order valence-electron chi connectivity index (χ2n) is 6.99. The summed E-state index contributed by atoms with van der Waals surface area (Å²) < 4.78 is 0. The Hall–Kier alpha value is -2.70. The molecule has 0 bridgehead atoms. The molecule has 0 aliphatic rings. The van der Waals surface area contributed by atoms with Gasteiger partial charge in [0.2, 0.25) is 0 Å². The summed E-state index contributed by atoms with van der Waals surface area (Å²) in [5.74, 6) is 6.47. The van der Waals surface area contributed by atoms with Crippen LogP contribution in [0, 0.1) is 0 Å². The van der Waals surface area contributed by atoms with E-state index < -0.39 is 0 Å². The number of hydrazine groups is 1. The van der Waals surface area contributed by atoms with Gasteiger partial charge in [0, 0.05) is 17.3 Å². The number of nitrogens with two attached hydrogens (primary N) is 2. The van der Waals surface area contributed by atoms with Crippen molar-refractivity contribution in [2.24, 2.45) is 16.7 Å². The first-order valence-corrected chi connectivity index (χ1v) is 9.79. The number of benzene rings is 1. The number of thiophene rings is 1. The van der Waals surface area contributed by atoms with Crippen molar-refractivity contribution in [1.29, 1.82) is 0 Å². The summed E-state index contributed by atoms with van der Waals surface area (Å²) in [6, 6.07) is 16.0. The lowest BCUT2D eigenvalue weighted by Crippen LogP contribution is -2.30. The number of rotatable bonds is 6. The molecule has 0 saturated heterocycles. The van der Waals surface area contributed by atoms with Crippen LogP contribution in [-0.2, 0) is 5.41 Å². The van der Waals surface area contributed by atoms with E-state index in [2.05, 4.69) is 49.1 Å². The fourth-order valence-electron chi connectivity index (χ4n) is 2.85. The maximum Gasteiger partial charge on any atom is 0.153 e. The maximum absolute atomic E-state index is 6.41. The lowest BCUT2D eigenvalue weighted by atomic mass is 9.79. The second kappa shape index (κ2) is 7.90. The number of anilines is 1. The molecule has 0 aliphatic heterocycles. The Morgan fingerprint density at radius 3 is 2.63 bits per heavy atom. The predicted octanol–water partition coefficient (Wildman–Crippen LogP) is 4.50. The summed E-state index contributed by atoms with van der Waals surface area (Å²) in [5.41, 5.74) is 10.3. The number of hydrogen-bond acceptors (Lipinski definition) is 5. The van der Waals surface area contributed by atoms with Gasteiger partial charge in [-0.15, -0.1) is 16.4 Å². The molecule has 0 unspecified atom stereocenters. The minimum atomic E-state index is -0.0412. The molecule has 4 N–H and O–H groups in total. The van der Waals surface area contributed by atoms with Gasteiger partial charge in [-0.2, -0.15) is 5.12 Å². The number of pyridine rings is 1. The monoisotopic (exact) mass is 379 g/mol. The maximum atomic E-state index is 6.41. The SMILES string of the molecule is CCC(C)(C)c1ccc(-c2ccccn2)cc1/C(N)=N/N(N)c1cccs1. The van der Waals surface area contributed by atoms with E-state index in [4.69, 9.17) is 11.6 Å². The molecule has 3 rings (SSSR count). The molecule has 0 spiro atoms. The lowest BCUT2D eigenvalue weighted by Gasteiger charge is -2.27. The van der Waals surface area contributed by atoms with Crippen molar-refractivity contribution in [2.45, 2.75) is 32.6 Å². The van der Waals surface area contributed by atoms with Crippen molar-refractivity contribution in [2.75, 3.05) is 5.12 Å². The Labute approximate surface area is 164 Å². The summed E-state index contributed by atoms with van der Waals surface area (Å²) >= 11 is 1.51. The Morgan fingerprint density at radius 1 is 1.19 bits per heavy atom. The second-order valence-corrected chi connectivity index (χ2v) is 7.92. The van der Waals surface area contributed by atoms with Gasteiger partial charge >= 0.3 is 0 Å². The van der Waals surface area contributed by atoms with Gasteiger partial charge in [0.15, 0.2) is 5.84 Å². The van der Waals surface area contributed by atoms with Gasteiger partial charge in [0.25, 0.3) is 0 Å². The third-order valence-electron chi connectivity index (χ3n) is 4.82. The Kier molecular flexibility index (Phi) is 5.58. The van der Waals surface area contributed by atoms with E-state index in [1.807, 2.05) is 35.7 Å². The van der Waals surface area contributed by atoms with Crippen LogP contribution in [0.3, 0.4) is 0 Å². The third-order valence-corrected chi connectivity index (χ3v) is 5.67. The highest BCUT2D eigenvalue weighted by Gasteiger charge is 2.24. The Balaban J connectivity index is 2.09. The topological polar surface area (TPSA) is 80.5 Å². The van der Waals surface area contributed by atoms with E-state index >= 15 is 0 Å². The normalized spacial score (nSPS) is 12.2. The molecule has 0 aliphatic carbocycles. The van der Waals surface area contributed by atoms with Crippen LogP contribution in [-0.4, -0.2) is 10.8 Å².